The van der Waals surface area contributed by atoms with Gasteiger partial charge in [0.15, 0.2) is 0 Å². The highest BCUT2D eigenvalue weighted by Gasteiger charge is 2.53. The van der Waals surface area contributed by atoms with Gasteiger partial charge in [0.25, 0.3) is 7.37 Å². The molecule has 3 heteroatoms. The topological polar surface area (TPSA) is 26.3 Å². The Balaban J connectivity index is 1.92. The summed E-state index contributed by atoms with van der Waals surface area (Å²) < 4.78 is 20.4. The van der Waals surface area contributed by atoms with Crippen LogP contribution in [0.15, 0.2) is 97.1 Å². The van der Waals surface area contributed by atoms with Crippen molar-refractivity contribution in [1.29, 1.82) is 0 Å². The average Bonchev–Trinajstić information content (AvgIpc) is 2.97. The summed E-state index contributed by atoms with van der Waals surface area (Å²) in [4.78, 5) is 0. The van der Waals surface area contributed by atoms with E-state index in [4.69, 9.17) is 4.52 Å². The summed E-state index contributed by atoms with van der Waals surface area (Å²) in [6, 6.07) is 29.3. The largest absolute Gasteiger partial charge is 0.439 e. The lowest BCUT2D eigenvalue weighted by Gasteiger charge is -2.29. The SMILES string of the molecule is CC1(c2ccccc2)C=C(c2ccccc2)OP1(=O)c1ccccc1. The lowest BCUT2D eigenvalue weighted by Crippen LogP contribution is -2.23. The summed E-state index contributed by atoms with van der Waals surface area (Å²) in [5.41, 5.74) is 1.94. The van der Waals surface area contributed by atoms with E-state index >= 15 is 0 Å². The van der Waals surface area contributed by atoms with Gasteiger partial charge in [0.05, 0.1) is 0 Å². The summed E-state index contributed by atoms with van der Waals surface area (Å²) >= 11 is 0. The first-order valence-corrected chi connectivity index (χ1v) is 9.95. The number of benzene rings is 3. The monoisotopic (exact) mass is 346 g/mol. The molecule has 0 radical (unpaired) electrons. The molecule has 0 saturated carbocycles. The molecule has 2 unspecified atom stereocenters. The molecule has 2 nitrogen and oxygen atoms in total. The highest BCUT2D eigenvalue weighted by Crippen LogP contribution is 2.70. The molecule has 25 heavy (non-hydrogen) atoms. The summed E-state index contributed by atoms with van der Waals surface area (Å²) in [5, 5.41) is 0.0318. The number of hydrogen-bond acceptors (Lipinski definition) is 2. The molecular formula is C22H19O2P. The van der Waals surface area contributed by atoms with E-state index in [0.29, 0.717) is 5.76 Å². The normalized spacial score (nSPS) is 25.2. The number of hydrogen-bond donors (Lipinski definition) is 0. The standard InChI is InChI=1S/C22H19O2P/c1-22(19-13-7-3-8-14-19)17-21(18-11-5-2-6-12-18)24-25(22,23)20-15-9-4-10-16-20/h2-17H,1H3. The molecule has 0 aliphatic carbocycles. The summed E-state index contributed by atoms with van der Waals surface area (Å²) in [6.45, 7) is 2.01. The zero-order valence-corrected chi connectivity index (χ0v) is 14.9. The zero-order valence-electron chi connectivity index (χ0n) is 14.0. The van der Waals surface area contributed by atoms with Gasteiger partial charge in [0.2, 0.25) is 0 Å². The van der Waals surface area contributed by atoms with Crippen molar-refractivity contribution in [2.45, 2.75) is 12.1 Å². The van der Waals surface area contributed by atoms with Crippen molar-refractivity contribution < 1.29 is 9.09 Å². The van der Waals surface area contributed by atoms with Crippen molar-refractivity contribution in [2.75, 3.05) is 0 Å². The fourth-order valence-electron chi connectivity index (χ4n) is 3.31. The van der Waals surface area contributed by atoms with Crippen LogP contribution in [0.1, 0.15) is 18.1 Å². The Morgan fingerprint density at radius 3 is 1.88 bits per heavy atom. The minimum Gasteiger partial charge on any atom is -0.439 e. The molecule has 1 heterocycles. The van der Waals surface area contributed by atoms with Crippen LogP contribution in [-0.4, -0.2) is 0 Å². The molecule has 1 aliphatic heterocycles. The molecule has 0 amide bonds. The lowest BCUT2D eigenvalue weighted by atomic mass is 9.98. The summed E-state index contributed by atoms with van der Waals surface area (Å²) in [6.07, 6.45) is 2.02. The molecule has 1 aliphatic rings. The van der Waals surface area contributed by atoms with Crippen LogP contribution in [0.5, 0.6) is 0 Å². The molecule has 3 aromatic carbocycles. The Hall–Kier alpha value is -2.57. The van der Waals surface area contributed by atoms with Crippen molar-refractivity contribution in [3.05, 3.63) is 108 Å². The van der Waals surface area contributed by atoms with Crippen LogP contribution in [0.3, 0.4) is 0 Å². The molecule has 0 bridgehead atoms. The lowest BCUT2D eigenvalue weighted by molar-refractivity contribution is 0.466. The quantitative estimate of drug-likeness (QED) is 0.579. The van der Waals surface area contributed by atoms with Gasteiger partial charge in [-0.2, -0.15) is 0 Å². The Labute approximate surface area is 148 Å². The fourth-order valence-corrected chi connectivity index (χ4v) is 5.92. The third-order valence-electron chi connectivity index (χ3n) is 4.76. The molecular weight excluding hydrogens is 327 g/mol. The second-order valence-electron chi connectivity index (χ2n) is 6.37. The Morgan fingerprint density at radius 1 is 0.760 bits per heavy atom. The van der Waals surface area contributed by atoms with E-state index in [0.717, 1.165) is 16.4 Å². The van der Waals surface area contributed by atoms with Gasteiger partial charge in [-0.25, -0.2) is 0 Å². The first-order valence-electron chi connectivity index (χ1n) is 8.33. The summed E-state index contributed by atoms with van der Waals surface area (Å²) in [5.74, 6) is 0.680. The first kappa shape index (κ1) is 15.9. The maximum Gasteiger partial charge on any atom is 0.291 e. The van der Waals surface area contributed by atoms with E-state index < -0.39 is 12.5 Å². The molecule has 0 aromatic heterocycles. The second-order valence-corrected chi connectivity index (χ2v) is 9.10. The van der Waals surface area contributed by atoms with Crippen molar-refractivity contribution in [3.8, 4) is 0 Å². The smallest absolute Gasteiger partial charge is 0.291 e. The molecule has 0 spiro atoms. The molecule has 3 aromatic rings. The minimum atomic E-state index is -3.18. The van der Waals surface area contributed by atoms with Gasteiger partial charge in [-0.3, -0.25) is 4.57 Å². The van der Waals surface area contributed by atoms with Gasteiger partial charge in [-0.15, -0.1) is 0 Å². The fraction of sp³-hybridized carbons (Fsp3) is 0.0909. The van der Waals surface area contributed by atoms with Crippen LogP contribution in [0.4, 0.5) is 0 Å². The van der Waals surface area contributed by atoms with E-state index in [-0.39, 0.29) is 0 Å². The zero-order chi connectivity index (χ0) is 17.3. The maximum absolute atomic E-state index is 14.2. The van der Waals surface area contributed by atoms with Gasteiger partial charge < -0.3 is 4.52 Å². The Kier molecular flexibility index (Phi) is 3.86. The molecule has 2 atom stereocenters. The molecule has 0 fully saturated rings. The average molecular weight is 346 g/mol. The van der Waals surface area contributed by atoms with Crippen LogP contribution in [0, 0.1) is 0 Å². The predicted molar refractivity (Wildman–Crippen MR) is 103 cm³/mol. The van der Waals surface area contributed by atoms with Gasteiger partial charge in [0.1, 0.15) is 10.9 Å². The van der Waals surface area contributed by atoms with Crippen molar-refractivity contribution in [2.24, 2.45) is 0 Å². The maximum atomic E-state index is 14.2. The van der Waals surface area contributed by atoms with Gasteiger partial charge in [0, 0.05) is 10.9 Å². The first-order chi connectivity index (χ1) is 12.1. The highest BCUT2D eigenvalue weighted by atomic mass is 31.2. The molecule has 4 rings (SSSR count). The van der Waals surface area contributed by atoms with E-state index in [9.17, 15) is 4.57 Å². The van der Waals surface area contributed by atoms with Crippen LogP contribution in [-0.2, 0) is 14.2 Å². The summed E-state index contributed by atoms with van der Waals surface area (Å²) in [7, 11) is -3.18. The minimum absolute atomic E-state index is 0.680. The van der Waals surface area contributed by atoms with Crippen molar-refractivity contribution >= 4 is 18.4 Å². The van der Waals surface area contributed by atoms with E-state index in [1.54, 1.807) is 0 Å². The van der Waals surface area contributed by atoms with Crippen LogP contribution in [0.2, 0.25) is 0 Å². The van der Waals surface area contributed by atoms with Crippen LogP contribution >= 0.6 is 7.37 Å². The van der Waals surface area contributed by atoms with Gasteiger partial charge >= 0.3 is 0 Å². The van der Waals surface area contributed by atoms with E-state index in [1.165, 1.54) is 0 Å². The Bertz CT molecular complexity index is 949. The molecule has 0 saturated heterocycles. The van der Waals surface area contributed by atoms with Crippen molar-refractivity contribution in [1.82, 2.24) is 0 Å². The number of rotatable bonds is 3. The third kappa shape index (κ3) is 2.54. The van der Waals surface area contributed by atoms with Gasteiger partial charge in [-0.05, 0) is 30.7 Å². The molecule has 0 N–H and O–H groups in total. The molecule has 124 valence electrons. The van der Waals surface area contributed by atoms with Gasteiger partial charge in [-0.1, -0.05) is 78.9 Å². The van der Waals surface area contributed by atoms with Crippen LogP contribution in [0.25, 0.3) is 5.76 Å². The van der Waals surface area contributed by atoms with Crippen LogP contribution < -0.4 is 5.30 Å². The van der Waals surface area contributed by atoms with E-state index in [2.05, 4.69) is 0 Å². The van der Waals surface area contributed by atoms with E-state index in [1.807, 2.05) is 104 Å². The highest BCUT2D eigenvalue weighted by molar-refractivity contribution is 7.68. The predicted octanol–water partition coefficient (Wildman–Crippen LogP) is 5.58. The third-order valence-corrected chi connectivity index (χ3v) is 7.81. The van der Waals surface area contributed by atoms with Crippen molar-refractivity contribution in [3.63, 3.8) is 0 Å². The Morgan fingerprint density at radius 2 is 1.28 bits per heavy atom. The number of allylic oxidation sites excluding steroid dienone is 1. The second kappa shape index (κ2) is 6.06.